The highest BCUT2D eigenvalue weighted by molar-refractivity contribution is 5.48. The summed E-state index contributed by atoms with van der Waals surface area (Å²) in [7, 11) is 2.17. The molecule has 1 atom stereocenters. The standard InChI is InChI=1S/C14H23N3/c1-12-5-3-6-13(9-12)16-14(10-15)7-4-8-17(2)11-14/h3,5-6,9,16H,4,7-8,10-11,15H2,1-2H3. The lowest BCUT2D eigenvalue weighted by Crippen LogP contribution is -2.56. The van der Waals surface area contributed by atoms with Crippen molar-refractivity contribution in [1.82, 2.24) is 4.90 Å². The maximum atomic E-state index is 6.00. The summed E-state index contributed by atoms with van der Waals surface area (Å²) >= 11 is 0. The molecule has 3 nitrogen and oxygen atoms in total. The Bertz CT molecular complexity index is 377. The van der Waals surface area contributed by atoms with Crippen molar-refractivity contribution < 1.29 is 0 Å². The molecule has 1 aromatic carbocycles. The van der Waals surface area contributed by atoms with Crippen LogP contribution < -0.4 is 11.1 Å². The van der Waals surface area contributed by atoms with Gasteiger partial charge in [0.05, 0.1) is 5.54 Å². The lowest BCUT2D eigenvalue weighted by Gasteiger charge is -2.42. The number of nitrogens with zero attached hydrogens (tertiary/aromatic N) is 1. The van der Waals surface area contributed by atoms with Crippen molar-refractivity contribution in [3.05, 3.63) is 29.8 Å². The summed E-state index contributed by atoms with van der Waals surface area (Å²) in [6, 6.07) is 8.52. The number of anilines is 1. The lowest BCUT2D eigenvalue weighted by molar-refractivity contribution is 0.198. The molecule has 3 heteroatoms. The van der Waals surface area contributed by atoms with Crippen molar-refractivity contribution in [3.8, 4) is 0 Å². The molecule has 0 aromatic heterocycles. The highest BCUT2D eigenvalue weighted by atomic mass is 15.2. The maximum absolute atomic E-state index is 6.00. The van der Waals surface area contributed by atoms with Gasteiger partial charge >= 0.3 is 0 Å². The largest absolute Gasteiger partial charge is 0.377 e. The molecule has 0 aliphatic carbocycles. The molecule has 0 radical (unpaired) electrons. The van der Waals surface area contributed by atoms with Crippen LogP contribution in [0.2, 0.25) is 0 Å². The molecule has 1 unspecified atom stereocenters. The van der Waals surface area contributed by atoms with Gasteiger partial charge in [-0.1, -0.05) is 12.1 Å². The minimum absolute atomic E-state index is 0.0425. The molecule has 1 saturated heterocycles. The average Bonchev–Trinajstić information content (AvgIpc) is 2.29. The van der Waals surface area contributed by atoms with Crippen molar-refractivity contribution in [2.24, 2.45) is 5.73 Å². The van der Waals surface area contributed by atoms with E-state index in [1.54, 1.807) is 0 Å². The van der Waals surface area contributed by atoms with Crippen molar-refractivity contribution in [3.63, 3.8) is 0 Å². The van der Waals surface area contributed by atoms with Crippen LogP contribution in [0.4, 0.5) is 5.69 Å². The highest BCUT2D eigenvalue weighted by Gasteiger charge is 2.32. The molecule has 1 aromatic rings. The normalized spacial score (nSPS) is 25.8. The van der Waals surface area contributed by atoms with E-state index in [9.17, 15) is 0 Å². The van der Waals surface area contributed by atoms with Gasteiger partial charge in [-0.2, -0.15) is 0 Å². The zero-order valence-electron chi connectivity index (χ0n) is 10.9. The summed E-state index contributed by atoms with van der Waals surface area (Å²) in [4.78, 5) is 2.36. The van der Waals surface area contributed by atoms with Crippen LogP contribution in [0.5, 0.6) is 0 Å². The molecule has 2 rings (SSSR count). The fourth-order valence-electron chi connectivity index (χ4n) is 2.71. The Labute approximate surface area is 104 Å². The molecule has 17 heavy (non-hydrogen) atoms. The predicted molar refractivity (Wildman–Crippen MR) is 73.3 cm³/mol. The van der Waals surface area contributed by atoms with E-state index in [-0.39, 0.29) is 5.54 Å². The summed E-state index contributed by atoms with van der Waals surface area (Å²) in [5.74, 6) is 0. The molecule has 0 amide bonds. The van der Waals surface area contributed by atoms with Gasteiger partial charge in [0.2, 0.25) is 0 Å². The summed E-state index contributed by atoms with van der Waals surface area (Å²) in [6.07, 6.45) is 2.37. The zero-order chi connectivity index (χ0) is 12.3. The van der Waals surface area contributed by atoms with Crippen LogP contribution in [0.1, 0.15) is 18.4 Å². The van der Waals surface area contributed by atoms with Gasteiger partial charge in [0.15, 0.2) is 0 Å². The van der Waals surface area contributed by atoms with Gasteiger partial charge in [-0.3, -0.25) is 0 Å². The second-order valence-electron chi connectivity index (χ2n) is 5.32. The van der Waals surface area contributed by atoms with Gasteiger partial charge in [-0.25, -0.2) is 0 Å². The molecule has 94 valence electrons. The second kappa shape index (κ2) is 5.07. The predicted octanol–water partition coefficient (Wildman–Crippen LogP) is 1.83. The number of hydrogen-bond donors (Lipinski definition) is 2. The van der Waals surface area contributed by atoms with Crippen LogP contribution >= 0.6 is 0 Å². The molecule has 1 aliphatic rings. The maximum Gasteiger partial charge on any atom is 0.0622 e. The van der Waals surface area contributed by atoms with E-state index in [0.29, 0.717) is 6.54 Å². The van der Waals surface area contributed by atoms with Gasteiger partial charge in [0.25, 0.3) is 0 Å². The number of hydrogen-bond acceptors (Lipinski definition) is 3. The Morgan fingerprint density at radius 3 is 2.94 bits per heavy atom. The first-order valence-corrected chi connectivity index (χ1v) is 6.37. The smallest absolute Gasteiger partial charge is 0.0622 e. The topological polar surface area (TPSA) is 41.3 Å². The Hall–Kier alpha value is -1.06. The van der Waals surface area contributed by atoms with Crippen LogP contribution in [0.3, 0.4) is 0 Å². The minimum atomic E-state index is 0.0425. The first-order chi connectivity index (χ1) is 8.13. The van der Waals surface area contributed by atoms with Crippen LogP contribution in [0, 0.1) is 6.92 Å². The number of rotatable bonds is 3. The summed E-state index contributed by atoms with van der Waals surface area (Å²) in [5.41, 5.74) is 8.51. The second-order valence-corrected chi connectivity index (χ2v) is 5.32. The average molecular weight is 233 g/mol. The van der Waals surface area contributed by atoms with Gasteiger partial charge in [-0.05, 0) is 51.1 Å². The number of nitrogens with two attached hydrogens (primary N) is 1. The molecular weight excluding hydrogens is 210 g/mol. The van der Waals surface area contributed by atoms with Crippen molar-refractivity contribution in [2.45, 2.75) is 25.3 Å². The third-order valence-corrected chi connectivity index (χ3v) is 3.59. The first kappa shape index (κ1) is 12.4. The van der Waals surface area contributed by atoms with Crippen molar-refractivity contribution in [1.29, 1.82) is 0 Å². The first-order valence-electron chi connectivity index (χ1n) is 6.37. The minimum Gasteiger partial charge on any atom is -0.377 e. The SMILES string of the molecule is Cc1cccc(NC2(CN)CCCN(C)C2)c1. The van der Waals surface area contributed by atoms with E-state index >= 15 is 0 Å². The molecule has 0 saturated carbocycles. The fourth-order valence-corrected chi connectivity index (χ4v) is 2.71. The Morgan fingerprint density at radius 1 is 1.47 bits per heavy atom. The van der Waals surface area contributed by atoms with Crippen molar-refractivity contribution >= 4 is 5.69 Å². The van der Waals surface area contributed by atoms with E-state index in [4.69, 9.17) is 5.73 Å². The van der Waals surface area contributed by atoms with E-state index in [1.807, 2.05) is 0 Å². The van der Waals surface area contributed by atoms with Crippen LogP contribution in [-0.4, -0.2) is 37.1 Å². The molecule has 3 N–H and O–H groups in total. The Balaban J connectivity index is 2.13. The van der Waals surface area contributed by atoms with Gasteiger partial charge in [-0.15, -0.1) is 0 Å². The number of piperidine rings is 1. The molecule has 0 bridgehead atoms. The molecular formula is C14H23N3. The third kappa shape index (κ3) is 2.99. The Morgan fingerprint density at radius 2 is 2.29 bits per heavy atom. The molecule has 0 spiro atoms. The quantitative estimate of drug-likeness (QED) is 0.837. The van der Waals surface area contributed by atoms with Crippen molar-refractivity contribution in [2.75, 3.05) is 32.0 Å². The fraction of sp³-hybridized carbons (Fsp3) is 0.571. The monoisotopic (exact) mass is 233 g/mol. The number of nitrogens with one attached hydrogen (secondary N) is 1. The van der Waals surface area contributed by atoms with Crippen LogP contribution in [0.15, 0.2) is 24.3 Å². The summed E-state index contributed by atoms with van der Waals surface area (Å²) < 4.78 is 0. The number of aryl methyl sites for hydroxylation is 1. The van der Waals surface area contributed by atoms with E-state index < -0.39 is 0 Å². The van der Waals surface area contributed by atoms with E-state index in [2.05, 4.69) is 48.5 Å². The number of benzene rings is 1. The van der Waals surface area contributed by atoms with Gasteiger partial charge in [0.1, 0.15) is 0 Å². The van der Waals surface area contributed by atoms with Crippen LogP contribution in [0.25, 0.3) is 0 Å². The highest BCUT2D eigenvalue weighted by Crippen LogP contribution is 2.24. The number of likely N-dealkylation sites (N-methyl/N-ethyl adjacent to an activating group) is 1. The lowest BCUT2D eigenvalue weighted by atomic mass is 9.89. The Kier molecular flexibility index (Phi) is 3.69. The molecule has 1 aliphatic heterocycles. The van der Waals surface area contributed by atoms with Crippen LogP contribution in [-0.2, 0) is 0 Å². The summed E-state index contributed by atoms with van der Waals surface area (Å²) in [5, 5.41) is 3.65. The van der Waals surface area contributed by atoms with E-state index in [0.717, 1.165) is 13.0 Å². The zero-order valence-corrected chi connectivity index (χ0v) is 10.9. The molecule has 1 heterocycles. The number of likely N-dealkylation sites (tertiary alicyclic amines) is 1. The molecule has 1 fully saturated rings. The van der Waals surface area contributed by atoms with E-state index in [1.165, 1.54) is 24.2 Å². The third-order valence-electron chi connectivity index (χ3n) is 3.59. The van der Waals surface area contributed by atoms with Gasteiger partial charge < -0.3 is 16.0 Å². The summed E-state index contributed by atoms with van der Waals surface area (Å²) in [6.45, 7) is 5.01. The van der Waals surface area contributed by atoms with Gasteiger partial charge in [0, 0.05) is 18.8 Å².